The van der Waals surface area contributed by atoms with E-state index < -0.39 is 0 Å². The first-order chi connectivity index (χ1) is 7.34. The van der Waals surface area contributed by atoms with E-state index in [1.807, 2.05) is 18.5 Å². The summed E-state index contributed by atoms with van der Waals surface area (Å²) in [7, 11) is 2.19. The summed E-state index contributed by atoms with van der Waals surface area (Å²) in [6.07, 6.45) is 5.09. The summed E-state index contributed by atoms with van der Waals surface area (Å²) in [4.78, 5) is 6.51. The molecule has 1 aromatic heterocycles. The van der Waals surface area contributed by atoms with Gasteiger partial charge in [0.25, 0.3) is 0 Å². The zero-order chi connectivity index (χ0) is 10.5. The second-order valence-electron chi connectivity index (χ2n) is 4.42. The van der Waals surface area contributed by atoms with Crippen LogP contribution < -0.4 is 5.32 Å². The summed E-state index contributed by atoms with van der Waals surface area (Å²) in [5.41, 5.74) is 1.30. The summed E-state index contributed by atoms with van der Waals surface area (Å²) in [5, 5.41) is 3.40. The Bertz CT molecular complexity index is 280. The van der Waals surface area contributed by atoms with Crippen LogP contribution in [0.2, 0.25) is 0 Å². The Hall–Kier alpha value is -0.930. The molecule has 15 heavy (non-hydrogen) atoms. The lowest BCUT2D eigenvalue weighted by atomic mass is 10.1. The molecular weight excluding hydrogens is 186 g/mol. The largest absolute Gasteiger partial charge is 0.316 e. The van der Waals surface area contributed by atoms with Gasteiger partial charge in [0.15, 0.2) is 0 Å². The van der Waals surface area contributed by atoms with Gasteiger partial charge in [0.05, 0.1) is 0 Å². The van der Waals surface area contributed by atoms with Crippen LogP contribution in [0.3, 0.4) is 0 Å². The summed E-state index contributed by atoms with van der Waals surface area (Å²) >= 11 is 0. The smallest absolute Gasteiger partial charge is 0.0312 e. The first kappa shape index (κ1) is 10.6. The Morgan fingerprint density at radius 3 is 3.20 bits per heavy atom. The molecule has 82 valence electrons. The molecule has 2 rings (SSSR count). The molecule has 1 fully saturated rings. The maximum Gasteiger partial charge on any atom is 0.0312 e. The number of nitrogens with one attached hydrogen (secondary N) is 1. The minimum atomic E-state index is 0.826. The highest BCUT2D eigenvalue weighted by Crippen LogP contribution is 2.10. The van der Waals surface area contributed by atoms with Crippen LogP contribution in [0.15, 0.2) is 24.5 Å². The van der Waals surface area contributed by atoms with Gasteiger partial charge in [-0.3, -0.25) is 4.98 Å². The van der Waals surface area contributed by atoms with Crippen LogP contribution in [-0.2, 0) is 6.54 Å². The van der Waals surface area contributed by atoms with Crippen molar-refractivity contribution in [3.63, 3.8) is 0 Å². The van der Waals surface area contributed by atoms with Crippen molar-refractivity contribution in [2.45, 2.75) is 13.0 Å². The zero-order valence-corrected chi connectivity index (χ0v) is 9.32. The van der Waals surface area contributed by atoms with E-state index in [9.17, 15) is 0 Å². The van der Waals surface area contributed by atoms with Crippen molar-refractivity contribution in [2.75, 3.05) is 26.7 Å². The van der Waals surface area contributed by atoms with Crippen LogP contribution >= 0.6 is 0 Å². The van der Waals surface area contributed by atoms with Gasteiger partial charge in [0.1, 0.15) is 0 Å². The molecule has 0 unspecified atom stereocenters. The molecule has 0 saturated carbocycles. The Labute approximate surface area is 91.5 Å². The molecule has 0 bridgehead atoms. The van der Waals surface area contributed by atoms with Crippen molar-refractivity contribution in [1.82, 2.24) is 15.2 Å². The van der Waals surface area contributed by atoms with E-state index in [1.165, 1.54) is 31.6 Å². The summed E-state index contributed by atoms with van der Waals surface area (Å²) in [6.45, 7) is 4.55. The summed E-state index contributed by atoms with van der Waals surface area (Å²) < 4.78 is 0. The van der Waals surface area contributed by atoms with Gasteiger partial charge in [-0.1, -0.05) is 6.07 Å². The quantitative estimate of drug-likeness (QED) is 0.798. The van der Waals surface area contributed by atoms with Crippen molar-refractivity contribution in [1.29, 1.82) is 0 Å². The SMILES string of the molecule is CN(Cc1cccnc1)C[C@@H]1CCNC1. The van der Waals surface area contributed by atoms with Crippen molar-refractivity contribution in [2.24, 2.45) is 5.92 Å². The lowest BCUT2D eigenvalue weighted by molar-refractivity contribution is 0.278. The molecule has 1 atom stereocenters. The lowest BCUT2D eigenvalue weighted by Gasteiger charge is -2.20. The summed E-state index contributed by atoms with van der Waals surface area (Å²) in [6, 6.07) is 4.14. The Kier molecular flexibility index (Phi) is 3.69. The highest BCUT2D eigenvalue weighted by molar-refractivity contribution is 5.07. The number of hydrogen-bond acceptors (Lipinski definition) is 3. The van der Waals surface area contributed by atoms with E-state index in [1.54, 1.807) is 0 Å². The van der Waals surface area contributed by atoms with Crippen LogP contribution in [-0.4, -0.2) is 36.6 Å². The molecule has 1 N–H and O–H groups in total. The van der Waals surface area contributed by atoms with Crippen molar-refractivity contribution in [3.05, 3.63) is 30.1 Å². The van der Waals surface area contributed by atoms with E-state index in [0.29, 0.717) is 0 Å². The molecule has 0 spiro atoms. The minimum Gasteiger partial charge on any atom is -0.316 e. The average molecular weight is 205 g/mol. The van der Waals surface area contributed by atoms with Crippen LogP contribution in [0.4, 0.5) is 0 Å². The standard InChI is InChI=1S/C12H19N3/c1-15(10-12-4-6-14-8-12)9-11-3-2-5-13-7-11/h2-3,5,7,12,14H,4,6,8-10H2,1H3/t12-/m1/s1. The Balaban J connectivity index is 1.79. The fourth-order valence-corrected chi connectivity index (χ4v) is 2.18. The third kappa shape index (κ3) is 3.29. The van der Waals surface area contributed by atoms with Crippen LogP contribution in [0.25, 0.3) is 0 Å². The number of rotatable bonds is 4. The van der Waals surface area contributed by atoms with Gasteiger partial charge in [0, 0.05) is 25.5 Å². The van der Waals surface area contributed by atoms with Gasteiger partial charge in [-0.2, -0.15) is 0 Å². The van der Waals surface area contributed by atoms with E-state index in [-0.39, 0.29) is 0 Å². The van der Waals surface area contributed by atoms with Crippen molar-refractivity contribution < 1.29 is 0 Å². The second-order valence-corrected chi connectivity index (χ2v) is 4.42. The second kappa shape index (κ2) is 5.24. The molecule has 1 aliphatic rings. The predicted octanol–water partition coefficient (Wildman–Crippen LogP) is 1.12. The third-order valence-electron chi connectivity index (χ3n) is 2.91. The van der Waals surface area contributed by atoms with Crippen LogP contribution in [0.1, 0.15) is 12.0 Å². The molecule has 0 amide bonds. The van der Waals surface area contributed by atoms with Gasteiger partial charge in [-0.25, -0.2) is 0 Å². The topological polar surface area (TPSA) is 28.2 Å². The molecule has 1 aliphatic heterocycles. The molecular formula is C12H19N3. The molecule has 1 saturated heterocycles. The fraction of sp³-hybridized carbons (Fsp3) is 0.583. The zero-order valence-electron chi connectivity index (χ0n) is 9.32. The van der Waals surface area contributed by atoms with E-state index in [4.69, 9.17) is 0 Å². The number of aromatic nitrogens is 1. The lowest BCUT2D eigenvalue weighted by Crippen LogP contribution is -2.26. The maximum absolute atomic E-state index is 4.13. The number of pyridine rings is 1. The molecule has 0 aliphatic carbocycles. The van der Waals surface area contributed by atoms with Gasteiger partial charge >= 0.3 is 0 Å². The van der Waals surface area contributed by atoms with Gasteiger partial charge in [-0.05, 0) is 44.1 Å². The van der Waals surface area contributed by atoms with Crippen LogP contribution in [0.5, 0.6) is 0 Å². The first-order valence-electron chi connectivity index (χ1n) is 5.63. The Morgan fingerprint density at radius 2 is 2.53 bits per heavy atom. The molecule has 0 radical (unpaired) electrons. The maximum atomic E-state index is 4.13. The molecule has 1 aromatic rings. The van der Waals surface area contributed by atoms with Gasteiger partial charge in [0.2, 0.25) is 0 Å². The third-order valence-corrected chi connectivity index (χ3v) is 2.91. The Morgan fingerprint density at radius 1 is 1.60 bits per heavy atom. The van der Waals surface area contributed by atoms with Gasteiger partial charge in [-0.15, -0.1) is 0 Å². The summed E-state index contributed by atoms with van der Waals surface area (Å²) in [5.74, 6) is 0.826. The molecule has 3 heteroatoms. The molecule has 3 nitrogen and oxygen atoms in total. The monoisotopic (exact) mass is 205 g/mol. The van der Waals surface area contributed by atoms with Crippen molar-refractivity contribution in [3.8, 4) is 0 Å². The molecule has 0 aromatic carbocycles. The van der Waals surface area contributed by atoms with Gasteiger partial charge < -0.3 is 10.2 Å². The molecule has 2 heterocycles. The highest BCUT2D eigenvalue weighted by atomic mass is 15.1. The number of hydrogen-bond donors (Lipinski definition) is 1. The fourth-order valence-electron chi connectivity index (χ4n) is 2.18. The van der Waals surface area contributed by atoms with Crippen molar-refractivity contribution >= 4 is 0 Å². The van der Waals surface area contributed by atoms with E-state index >= 15 is 0 Å². The number of nitrogens with zero attached hydrogens (tertiary/aromatic N) is 2. The average Bonchev–Trinajstić information content (AvgIpc) is 2.71. The first-order valence-corrected chi connectivity index (χ1v) is 5.63. The van der Waals surface area contributed by atoms with Crippen LogP contribution in [0, 0.1) is 5.92 Å². The minimum absolute atomic E-state index is 0.826. The van der Waals surface area contributed by atoms with E-state index in [0.717, 1.165) is 12.5 Å². The van der Waals surface area contributed by atoms with E-state index in [2.05, 4.69) is 28.3 Å². The highest BCUT2D eigenvalue weighted by Gasteiger charge is 2.16. The normalized spacial score (nSPS) is 21.1. The predicted molar refractivity (Wildman–Crippen MR) is 61.5 cm³/mol.